The van der Waals surface area contributed by atoms with Crippen molar-refractivity contribution >= 4 is 29.5 Å². The first-order chi connectivity index (χ1) is 13.1. The number of carbonyl (C=O) groups excluding carboxylic acids is 1. The molecule has 0 bridgehead atoms. The van der Waals surface area contributed by atoms with E-state index in [1.54, 1.807) is 30.7 Å². The summed E-state index contributed by atoms with van der Waals surface area (Å²) in [6.45, 7) is 0. The highest BCUT2D eigenvalue weighted by molar-refractivity contribution is 6.10. The Morgan fingerprint density at radius 1 is 1.33 bits per heavy atom. The molecule has 0 spiro atoms. The van der Waals surface area contributed by atoms with Crippen LogP contribution >= 0.6 is 0 Å². The number of rotatable bonds is 7. The quantitative estimate of drug-likeness (QED) is 0.343. The lowest BCUT2D eigenvalue weighted by Crippen LogP contribution is -2.09. The van der Waals surface area contributed by atoms with Gasteiger partial charge in [0.1, 0.15) is 11.6 Å². The Morgan fingerprint density at radius 3 is 2.85 bits per heavy atom. The fourth-order valence-corrected chi connectivity index (χ4v) is 2.40. The summed E-state index contributed by atoms with van der Waals surface area (Å²) in [7, 11) is 0. The maximum Gasteiger partial charge on any atom is 0.248 e. The zero-order chi connectivity index (χ0) is 19.2. The molecule has 3 rings (SSSR count). The summed E-state index contributed by atoms with van der Waals surface area (Å²) in [4.78, 5) is 16.1. The molecular weight excluding hydrogens is 347 g/mol. The first-order valence-corrected chi connectivity index (χ1v) is 8.45. The van der Waals surface area contributed by atoms with Gasteiger partial charge in [0.05, 0.1) is 5.69 Å². The van der Waals surface area contributed by atoms with Crippen molar-refractivity contribution in [2.45, 2.75) is 18.9 Å². The van der Waals surface area contributed by atoms with Crippen LogP contribution in [0.1, 0.15) is 24.0 Å². The second kappa shape index (κ2) is 8.27. The van der Waals surface area contributed by atoms with Gasteiger partial charge in [-0.25, -0.2) is 4.39 Å². The van der Waals surface area contributed by atoms with Gasteiger partial charge in [-0.2, -0.15) is 0 Å². The van der Waals surface area contributed by atoms with E-state index in [1.165, 1.54) is 24.4 Å². The molecule has 1 aromatic heterocycles. The van der Waals surface area contributed by atoms with Crippen LogP contribution in [0.25, 0.3) is 11.6 Å². The van der Waals surface area contributed by atoms with Crippen LogP contribution in [-0.4, -0.2) is 28.3 Å². The molecule has 1 saturated carbocycles. The van der Waals surface area contributed by atoms with Gasteiger partial charge < -0.3 is 21.1 Å². The summed E-state index contributed by atoms with van der Waals surface area (Å²) in [6.07, 6.45) is 11.3. The Labute approximate surface area is 156 Å². The number of pyridine rings is 1. The summed E-state index contributed by atoms with van der Waals surface area (Å²) >= 11 is 0. The molecule has 1 aliphatic rings. The number of benzene rings is 1. The minimum Gasteiger partial charge on any atom is -0.508 e. The van der Waals surface area contributed by atoms with Crippen LogP contribution in [0.4, 0.5) is 10.1 Å². The van der Waals surface area contributed by atoms with Crippen molar-refractivity contribution in [3.05, 3.63) is 65.9 Å². The number of phenolic OH excluding ortho intramolecular Hbond substituents is 1. The topological polar surface area (TPSA) is 98.1 Å². The maximum atomic E-state index is 13.7. The lowest BCUT2D eigenvalue weighted by atomic mass is 10.0. The van der Waals surface area contributed by atoms with Crippen molar-refractivity contribution in [2.75, 3.05) is 5.32 Å². The molecule has 1 heterocycles. The number of aromatic hydroxyl groups is 1. The predicted octanol–water partition coefficient (Wildman–Crippen LogP) is 3.32. The second-order valence-electron chi connectivity index (χ2n) is 6.13. The van der Waals surface area contributed by atoms with Crippen molar-refractivity contribution < 1.29 is 14.3 Å². The largest absolute Gasteiger partial charge is 0.508 e. The first-order valence-electron chi connectivity index (χ1n) is 8.45. The minimum atomic E-state index is -0.723. The molecule has 1 amide bonds. The minimum absolute atomic E-state index is 0.0254. The molecule has 1 aliphatic carbocycles. The van der Waals surface area contributed by atoms with E-state index in [-0.39, 0.29) is 11.4 Å². The number of anilines is 1. The third kappa shape index (κ3) is 5.01. The molecule has 138 valence electrons. The molecule has 6 nitrogen and oxygen atoms in total. The van der Waals surface area contributed by atoms with Crippen LogP contribution in [-0.2, 0) is 4.79 Å². The van der Waals surface area contributed by atoms with E-state index in [0.717, 1.165) is 24.5 Å². The number of allylic oxidation sites excluding steroid dienone is 1. The average molecular weight is 366 g/mol. The molecule has 27 heavy (non-hydrogen) atoms. The van der Waals surface area contributed by atoms with Crippen LogP contribution in [0, 0.1) is 11.2 Å². The molecule has 0 radical (unpaired) electrons. The number of halogens is 1. The van der Waals surface area contributed by atoms with Crippen molar-refractivity contribution in [1.82, 2.24) is 10.3 Å². The molecule has 7 heteroatoms. The Bertz CT molecular complexity index is 920. The van der Waals surface area contributed by atoms with E-state index < -0.39 is 11.7 Å². The number of hydrogen-bond donors (Lipinski definition) is 4. The van der Waals surface area contributed by atoms with Gasteiger partial charge in [0, 0.05) is 54.1 Å². The van der Waals surface area contributed by atoms with E-state index in [0.29, 0.717) is 17.2 Å². The number of phenols is 1. The van der Waals surface area contributed by atoms with Crippen LogP contribution in [0.2, 0.25) is 0 Å². The lowest BCUT2D eigenvalue weighted by Gasteiger charge is -2.07. The molecule has 4 N–H and O–H groups in total. The van der Waals surface area contributed by atoms with Gasteiger partial charge in [0.25, 0.3) is 0 Å². The van der Waals surface area contributed by atoms with Gasteiger partial charge in [0.2, 0.25) is 5.91 Å². The van der Waals surface area contributed by atoms with Gasteiger partial charge in [-0.1, -0.05) is 0 Å². The number of aromatic nitrogens is 1. The van der Waals surface area contributed by atoms with E-state index in [1.807, 2.05) is 0 Å². The molecule has 1 aromatic carbocycles. The third-order valence-electron chi connectivity index (χ3n) is 4.00. The monoisotopic (exact) mass is 366 g/mol. The number of nitrogens with zero attached hydrogens (tertiary/aromatic N) is 1. The van der Waals surface area contributed by atoms with Crippen molar-refractivity contribution in [3.8, 4) is 5.75 Å². The Balaban J connectivity index is 1.75. The van der Waals surface area contributed by atoms with E-state index in [2.05, 4.69) is 15.6 Å². The number of amides is 1. The molecule has 0 saturated heterocycles. The fraction of sp³-hybridized carbons (Fsp3) is 0.150. The Kier molecular flexibility index (Phi) is 5.61. The molecule has 0 unspecified atom stereocenters. The standard InChI is InChI=1S/C20H19FN4O2/c21-18-9-16(26)4-5-19(18)25-20(27)6-1-13-11-23-8-7-17(13)14(10-22)12-24-15-2-3-15/h1,4-12,15,22,24,26H,2-3H2,(H,25,27)/b6-1+,14-12+,22-10?. The second-order valence-corrected chi connectivity index (χ2v) is 6.13. The van der Waals surface area contributed by atoms with Gasteiger partial charge in [-0.3, -0.25) is 9.78 Å². The fourth-order valence-electron chi connectivity index (χ4n) is 2.40. The average Bonchev–Trinajstić information content (AvgIpc) is 3.48. The Hall–Kier alpha value is -3.48. The highest BCUT2D eigenvalue weighted by Gasteiger charge is 2.19. The SMILES string of the molecule is N=C/C(=C\NC1CC1)c1ccncc1/C=C/C(=O)Nc1ccc(O)cc1F. The zero-order valence-electron chi connectivity index (χ0n) is 14.4. The zero-order valence-corrected chi connectivity index (χ0v) is 14.4. The first kappa shape index (κ1) is 18.3. The molecular formula is C20H19FN4O2. The van der Waals surface area contributed by atoms with Crippen LogP contribution in [0.5, 0.6) is 5.75 Å². The van der Waals surface area contributed by atoms with Gasteiger partial charge in [0.15, 0.2) is 0 Å². The van der Waals surface area contributed by atoms with Gasteiger partial charge in [-0.15, -0.1) is 0 Å². The van der Waals surface area contributed by atoms with Crippen molar-refractivity contribution in [2.24, 2.45) is 0 Å². The van der Waals surface area contributed by atoms with Crippen LogP contribution in [0.15, 0.2) is 48.9 Å². The molecule has 2 aromatic rings. The summed E-state index contributed by atoms with van der Waals surface area (Å²) in [6, 6.07) is 5.72. The molecule has 1 fully saturated rings. The van der Waals surface area contributed by atoms with Gasteiger partial charge in [-0.05, 0) is 42.7 Å². The van der Waals surface area contributed by atoms with E-state index >= 15 is 0 Å². The highest BCUT2D eigenvalue weighted by atomic mass is 19.1. The summed E-state index contributed by atoms with van der Waals surface area (Å²) in [5.41, 5.74) is 2.07. The molecule has 0 aliphatic heterocycles. The van der Waals surface area contributed by atoms with E-state index in [9.17, 15) is 14.3 Å². The number of hydrogen-bond acceptors (Lipinski definition) is 5. The predicted molar refractivity (Wildman–Crippen MR) is 103 cm³/mol. The number of nitrogens with one attached hydrogen (secondary N) is 3. The maximum absolute atomic E-state index is 13.7. The Morgan fingerprint density at radius 2 is 2.15 bits per heavy atom. The highest BCUT2D eigenvalue weighted by Crippen LogP contribution is 2.22. The number of carbonyl (C=O) groups is 1. The van der Waals surface area contributed by atoms with Crippen LogP contribution < -0.4 is 10.6 Å². The van der Waals surface area contributed by atoms with Crippen molar-refractivity contribution in [3.63, 3.8) is 0 Å². The van der Waals surface area contributed by atoms with Crippen molar-refractivity contribution in [1.29, 1.82) is 5.41 Å². The smallest absolute Gasteiger partial charge is 0.248 e. The normalized spacial score (nSPS) is 14.2. The molecule has 0 atom stereocenters. The van der Waals surface area contributed by atoms with E-state index in [4.69, 9.17) is 5.41 Å². The summed E-state index contributed by atoms with van der Waals surface area (Å²) in [5, 5.41) is 22.5. The third-order valence-corrected chi connectivity index (χ3v) is 4.00. The van der Waals surface area contributed by atoms with Crippen LogP contribution in [0.3, 0.4) is 0 Å². The lowest BCUT2D eigenvalue weighted by molar-refractivity contribution is -0.111. The summed E-state index contributed by atoms with van der Waals surface area (Å²) < 4.78 is 13.7. The summed E-state index contributed by atoms with van der Waals surface area (Å²) in [5.74, 6) is -1.46. The van der Waals surface area contributed by atoms with Gasteiger partial charge >= 0.3 is 0 Å².